The Labute approximate surface area is 348 Å². The lowest BCUT2D eigenvalue weighted by molar-refractivity contribution is -0.220. The van der Waals surface area contributed by atoms with E-state index in [1.165, 1.54) is 57.8 Å². The molecule has 14 heteroatoms. The minimum Gasteiger partial charge on any atom is -0.462 e. The van der Waals surface area contributed by atoms with Gasteiger partial charge in [-0.1, -0.05) is 146 Å². The van der Waals surface area contributed by atoms with E-state index < -0.39 is 75.7 Å². The van der Waals surface area contributed by atoms with Crippen molar-refractivity contribution < 1.29 is 63.1 Å². The summed E-state index contributed by atoms with van der Waals surface area (Å²) < 4.78 is 33.4. The predicted octanol–water partition coefficient (Wildman–Crippen LogP) is 8.00. The zero-order chi connectivity index (χ0) is 42.9. The zero-order valence-electron chi connectivity index (χ0n) is 35.3. The first-order valence-corrected chi connectivity index (χ1v) is 23.4. The average Bonchev–Trinajstić information content (AvgIpc) is 3.20. The molecule has 1 rings (SSSR count). The van der Waals surface area contributed by atoms with E-state index in [0.717, 1.165) is 64.2 Å². The monoisotopic (exact) mass is 845 g/mol. The summed E-state index contributed by atoms with van der Waals surface area (Å²) in [6.07, 6.45) is 26.0. The van der Waals surface area contributed by atoms with E-state index in [1.54, 1.807) is 0 Å². The molecule has 1 aliphatic carbocycles. The number of ether oxygens (including phenoxy) is 2. The normalized spacial score (nSPS) is 23.0. The maximum absolute atomic E-state index is 12.8. The average molecular weight is 845 g/mol. The quantitative estimate of drug-likeness (QED) is 0.0155. The lowest BCUT2D eigenvalue weighted by Crippen LogP contribution is -2.64. The molecule has 6 unspecified atom stereocenters. The van der Waals surface area contributed by atoms with Gasteiger partial charge in [-0.05, 0) is 51.4 Å². The second-order valence-electron chi connectivity index (χ2n) is 15.2. The lowest BCUT2D eigenvalue weighted by atomic mass is 9.85. The molecule has 0 aromatic heterocycles. The summed E-state index contributed by atoms with van der Waals surface area (Å²) in [7, 11) is -5.12. The highest BCUT2D eigenvalue weighted by Gasteiger charge is 2.51. The maximum Gasteiger partial charge on any atom is 0.472 e. The number of carbonyl (C=O) groups excluding carboxylic acids is 2. The van der Waals surface area contributed by atoms with Crippen molar-refractivity contribution in [1.82, 2.24) is 0 Å². The van der Waals surface area contributed by atoms with Crippen LogP contribution in [-0.4, -0.2) is 98.3 Å². The van der Waals surface area contributed by atoms with Crippen molar-refractivity contribution in [1.29, 1.82) is 0 Å². The topological polar surface area (TPSA) is 210 Å². The van der Waals surface area contributed by atoms with Crippen LogP contribution in [0.25, 0.3) is 0 Å². The molecule has 58 heavy (non-hydrogen) atoms. The molecule has 1 fully saturated rings. The Balaban J connectivity index is 2.52. The van der Waals surface area contributed by atoms with Crippen molar-refractivity contribution in [2.75, 3.05) is 13.2 Å². The van der Waals surface area contributed by atoms with Crippen LogP contribution in [0, 0.1) is 0 Å². The van der Waals surface area contributed by atoms with E-state index in [2.05, 4.69) is 62.5 Å². The largest absolute Gasteiger partial charge is 0.472 e. The van der Waals surface area contributed by atoms with E-state index in [9.17, 15) is 44.6 Å². The van der Waals surface area contributed by atoms with Gasteiger partial charge in [-0.15, -0.1) is 0 Å². The second-order valence-corrected chi connectivity index (χ2v) is 16.6. The van der Waals surface area contributed by atoms with Gasteiger partial charge < -0.3 is 39.9 Å². The molecular weight excluding hydrogens is 767 g/mol. The van der Waals surface area contributed by atoms with Crippen LogP contribution in [0.2, 0.25) is 0 Å². The molecule has 0 saturated heterocycles. The fourth-order valence-electron chi connectivity index (χ4n) is 6.40. The minimum absolute atomic E-state index is 0.0889. The van der Waals surface area contributed by atoms with Crippen LogP contribution in [0.1, 0.15) is 162 Å². The van der Waals surface area contributed by atoms with Gasteiger partial charge in [0, 0.05) is 12.8 Å². The highest BCUT2D eigenvalue weighted by Crippen LogP contribution is 2.47. The van der Waals surface area contributed by atoms with Crippen LogP contribution >= 0.6 is 7.82 Å². The van der Waals surface area contributed by atoms with Gasteiger partial charge in [-0.25, -0.2) is 4.57 Å². The van der Waals surface area contributed by atoms with Crippen molar-refractivity contribution in [3.05, 3.63) is 48.6 Å². The Kier molecular flexibility index (Phi) is 32.0. The molecule has 1 aliphatic rings. The number of phosphoric acid groups is 1. The number of aliphatic hydroxyl groups excluding tert-OH is 5. The number of hydrogen-bond acceptors (Lipinski definition) is 12. The molecule has 0 bridgehead atoms. The van der Waals surface area contributed by atoms with Gasteiger partial charge in [-0.3, -0.25) is 18.6 Å². The molecule has 0 aromatic carbocycles. The van der Waals surface area contributed by atoms with E-state index >= 15 is 0 Å². The number of hydrogen-bond donors (Lipinski definition) is 6. The van der Waals surface area contributed by atoms with Crippen molar-refractivity contribution in [2.24, 2.45) is 0 Å². The van der Waals surface area contributed by atoms with E-state index in [-0.39, 0.29) is 12.8 Å². The summed E-state index contributed by atoms with van der Waals surface area (Å²) in [5, 5.41) is 50.1. The number of rotatable bonds is 35. The summed E-state index contributed by atoms with van der Waals surface area (Å²) in [4.78, 5) is 35.6. The first-order valence-electron chi connectivity index (χ1n) is 21.9. The number of esters is 2. The molecule has 1 saturated carbocycles. The number of aliphatic hydroxyl groups is 5. The fourth-order valence-corrected chi connectivity index (χ4v) is 7.37. The fraction of sp³-hybridized carbons (Fsp3) is 0.773. The van der Waals surface area contributed by atoms with Crippen molar-refractivity contribution in [2.45, 2.75) is 204 Å². The molecule has 0 spiro atoms. The van der Waals surface area contributed by atoms with Crippen molar-refractivity contribution in [3.8, 4) is 0 Å². The van der Waals surface area contributed by atoms with E-state index in [1.807, 2.05) is 0 Å². The standard InChI is InChI=1S/C44H77O13P/c1-3-5-7-9-11-13-15-17-19-21-22-24-26-28-30-32-37(45)54-34-36(35-55-58(52,53)57-44-42(50)40(48)39(47)41(49)43(44)51)56-38(46)33-31-29-27-25-23-20-18-16-14-12-10-8-6-4-2/h5,7,11,13,17,19,22,24,36,39-44,47-51H,3-4,6,8-10,12,14-16,18,20-21,23,25-35H2,1-2H3,(H,52,53)/b7-5+,13-11+,19-17+,24-22+/t36-,39?,40-,41?,42?,43?,44?/m0/s1. The zero-order valence-corrected chi connectivity index (χ0v) is 36.2. The summed E-state index contributed by atoms with van der Waals surface area (Å²) in [6, 6.07) is 0. The Hall–Kier alpha value is -2.19. The van der Waals surface area contributed by atoms with Gasteiger partial charge in [0.25, 0.3) is 0 Å². The molecule has 0 aromatic rings. The van der Waals surface area contributed by atoms with E-state index in [0.29, 0.717) is 12.8 Å². The van der Waals surface area contributed by atoms with Gasteiger partial charge in [0.1, 0.15) is 43.2 Å². The van der Waals surface area contributed by atoms with E-state index in [4.69, 9.17) is 18.5 Å². The van der Waals surface area contributed by atoms with Crippen LogP contribution in [-0.2, 0) is 32.7 Å². The number of unbranched alkanes of at least 4 members (excludes halogenated alkanes) is 15. The molecule has 0 amide bonds. The molecule has 0 radical (unpaired) electrons. The summed E-state index contributed by atoms with van der Waals surface area (Å²) in [6.45, 7) is 3.14. The summed E-state index contributed by atoms with van der Waals surface area (Å²) in [5.41, 5.74) is 0. The third-order valence-electron chi connectivity index (χ3n) is 9.93. The third-order valence-corrected chi connectivity index (χ3v) is 10.9. The highest BCUT2D eigenvalue weighted by molar-refractivity contribution is 7.47. The Morgan fingerprint density at radius 2 is 0.983 bits per heavy atom. The van der Waals surface area contributed by atoms with Crippen LogP contribution in [0.5, 0.6) is 0 Å². The van der Waals surface area contributed by atoms with Gasteiger partial charge in [0.05, 0.1) is 6.61 Å². The Bertz CT molecular complexity index is 1210. The number of allylic oxidation sites excluding steroid dienone is 8. The maximum atomic E-state index is 12.8. The molecule has 13 nitrogen and oxygen atoms in total. The van der Waals surface area contributed by atoms with Gasteiger partial charge in [0.15, 0.2) is 6.10 Å². The number of phosphoric ester groups is 1. The van der Waals surface area contributed by atoms with Gasteiger partial charge >= 0.3 is 19.8 Å². The number of carbonyl (C=O) groups is 2. The third kappa shape index (κ3) is 26.8. The predicted molar refractivity (Wildman–Crippen MR) is 226 cm³/mol. The molecule has 0 heterocycles. The van der Waals surface area contributed by atoms with Gasteiger partial charge in [-0.2, -0.15) is 0 Å². The smallest absolute Gasteiger partial charge is 0.462 e. The van der Waals surface area contributed by atoms with Crippen molar-refractivity contribution >= 4 is 19.8 Å². The van der Waals surface area contributed by atoms with Gasteiger partial charge in [0.2, 0.25) is 0 Å². The summed E-state index contributed by atoms with van der Waals surface area (Å²) >= 11 is 0. The molecule has 6 N–H and O–H groups in total. The first-order chi connectivity index (χ1) is 27.9. The van der Waals surface area contributed by atoms with Crippen LogP contribution in [0.3, 0.4) is 0 Å². The molecule has 336 valence electrons. The highest BCUT2D eigenvalue weighted by atomic mass is 31.2. The SMILES string of the molecule is CC/C=C/C/C=C/C/C=C/C/C=C/CCCCC(=O)OC[C@@H](COP(=O)(O)OC1C(O)C(O)C(O)[C@H](O)C1O)OC(=O)CCCCCCCCCCCCCCCC. The Morgan fingerprint density at radius 3 is 1.50 bits per heavy atom. The first kappa shape index (κ1) is 53.8. The van der Waals surface area contributed by atoms with Crippen LogP contribution < -0.4 is 0 Å². The second kappa shape index (κ2) is 34.5. The summed E-state index contributed by atoms with van der Waals surface area (Å²) in [5.74, 6) is -1.15. The van der Waals surface area contributed by atoms with Crippen molar-refractivity contribution in [3.63, 3.8) is 0 Å². The van der Waals surface area contributed by atoms with Crippen LogP contribution in [0.15, 0.2) is 48.6 Å². The minimum atomic E-state index is -5.12. The molecular formula is C44H77O13P. The Morgan fingerprint density at radius 1 is 0.552 bits per heavy atom. The van der Waals surface area contributed by atoms with Crippen LogP contribution in [0.4, 0.5) is 0 Å². The molecule has 8 atom stereocenters. The lowest BCUT2D eigenvalue weighted by Gasteiger charge is -2.41. The molecule has 0 aliphatic heterocycles.